The molecule has 0 aromatic heterocycles. The molecule has 0 spiro atoms. The van der Waals surface area contributed by atoms with Gasteiger partial charge in [-0.2, -0.15) is 0 Å². The van der Waals surface area contributed by atoms with Crippen molar-refractivity contribution in [2.24, 2.45) is 5.41 Å². The molecular weight excluding hydrogens is 166 g/mol. The largest absolute Gasteiger partial charge is 0.449 e. The van der Waals surface area contributed by atoms with E-state index >= 15 is 0 Å². The Balaban J connectivity index is 2.78. The molecule has 1 amide bonds. The van der Waals surface area contributed by atoms with Crippen LogP contribution in [-0.2, 0) is 4.74 Å². The van der Waals surface area contributed by atoms with Crippen LogP contribution in [0.3, 0.4) is 0 Å². The molecule has 0 saturated carbocycles. The summed E-state index contributed by atoms with van der Waals surface area (Å²) >= 11 is 0. The van der Waals surface area contributed by atoms with E-state index in [0.29, 0.717) is 6.61 Å². The van der Waals surface area contributed by atoms with Crippen LogP contribution in [0.4, 0.5) is 4.79 Å². The van der Waals surface area contributed by atoms with Crippen molar-refractivity contribution in [2.75, 3.05) is 13.2 Å². The molecule has 1 aliphatic rings. The van der Waals surface area contributed by atoms with E-state index in [1.54, 1.807) is 4.90 Å². The predicted molar refractivity (Wildman–Crippen MR) is 51.6 cm³/mol. The van der Waals surface area contributed by atoms with Gasteiger partial charge in [0.1, 0.15) is 0 Å². The molecule has 1 fully saturated rings. The lowest BCUT2D eigenvalue weighted by Crippen LogP contribution is -2.55. The topological polar surface area (TPSA) is 29.5 Å². The maximum atomic E-state index is 11.4. The first-order valence-corrected chi connectivity index (χ1v) is 4.67. The van der Waals surface area contributed by atoms with Crippen molar-refractivity contribution in [1.82, 2.24) is 4.90 Å². The lowest BCUT2D eigenvalue weighted by Gasteiger charge is -2.44. The molecule has 1 rings (SSSR count). The van der Waals surface area contributed by atoms with E-state index in [2.05, 4.69) is 13.8 Å². The Morgan fingerprint density at radius 2 is 1.92 bits per heavy atom. The van der Waals surface area contributed by atoms with Gasteiger partial charge >= 0.3 is 6.09 Å². The number of ether oxygens (including phenoxy) is 1. The smallest absolute Gasteiger partial charge is 0.410 e. The van der Waals surface area contributed by atoms with Gasteiger partial charge in [0, 0.05) is 17.5 Å². The van der Waals surface area contributed by atoms with Crippen LogP contribution in [0.2, 0.25) is 0 Å². The molecule has 0 bridgehead atoms. The quantitative estimate of drug-likeness (QED) is 0.579. The number of carbonyl (C=O) groups excluding carboxylic acids is 1. The van der Waals surface area contributed by atoms with Crippen LogP contribution in [-0.4, -0.2) is 29.7 Å². The molecule has 0 radical (unpaired) electrons. The van der Waals surface area contributed by atoms with Crippen molar-refractivity contribution in [2.45, 2.75) is 40.2 Å². The third-order valence-corrected chi connectivity index (χ3v) is 2.20. The number of rotatable bonds is 0. The second kappa shape index (κ2) is 2.89. The van der Waals surface area contributed by atoms with Crippen LogP contribution in [0.5, 0.6) is 0 Å². The minimum atomic E-state index is -0.188. The van der Waals surface area contributed by atoms with Crippen molar-refractivity contribution < 1.29 is 9.53 Å². The predicted octanol–water partition coefficient (Wildman–Crippen LogP) is 2.26. The first-order valence-electron chi connectivity index (χ1n) is 4.67. The number of cyclic esters (lactones) is 1. The highest BCUT2D eigenvalue weighted by atomic mass is 16.6. The maximum Gasteiger partial charge on any atom is 0.410 e. The zero-order valence-electron chi connectivity index (χ0n) is 9.18. The van der Waals surface area contributed by atoms with E-state index in [4.69, 9.17) is 4.74 Å². The number of amides is 1. The van der Waals surface area contributed by atoms with Crippen molar-refractivity contribution >= 4 is 6.09 Å². The summed E-state index contributed by atoms with van der Waals surface area (Å²) < 4.78 is 5.12. The van der Waals surface area contributed by atoms with E-state index in [0.717, 1.165) is 6.54 Å². The lowest BCUT2D eigenvalue weighted by molar-refractivity contribution is -0.0207. The Morgan fingerprint density at radius 1 is 1.38 bits per heavy atom. The Bertz CT molecular complexity index is 215. The van der Waals surface area contributed by atoms with E-state index in [1.807, 2.05) is 20.8 Å². The summed E-state index contributed by atoms with van der Waals surface area (Å²) in [6.07, 6.45) is -0.188. The molecule has 1 heterocycles. The Labute approximate surface area is 80.1 Å². The third kappa shape index (κ3) is 2.36. The highest BCUT2D eigenvalue weighted by Crippen LogP contribution is 2.28. The molecule has 0 N–H and O–H groups in total. The van der Waals surface area contributed by atoms with Crippen LogP contribution in [0.1, 0.15) is 34.6 Å². The molecule has 76 valence electrons. The number of hydrogen-bond donors (Lipinski definition) is 0. The van der Waals surface area contributed by atoms with Gasteiger partial charge in [0.15, 0.2) is 0 Å². The first-order chi connectivity index (χ1) is 5.72. The fourth-order valence-corrected chi connectivity index (χ4v) is 1.38. The molecule has 0 aromatic carbocycles. The van der Waals surface area contributed by atoms with Crippen LogP contribution >= 0.6 is 0 Å². The summed E-state index contributed by atoms with van der Waals surface area (Å²) in [6.45, 7) is 11.6. The summed E-state index contributed by atoms with van der Waals surface area (Å²) in [7, 11) is 0. The standard InChI is InChI=1S/C10H19NO2/c1-9(2,3)11-6-10(4,5)7-13-8(11)12/h6-7H2,1-5H3. The average Bonchev–Trinajstić information content (AvgIpc) is 1.92. The van der Waals surface area contributed by atoms with E-state index in [9.17, 15) is 4.79 Å². The van der Waals surface area contributed by atoms with Gasteiger partial charge < -0.3 is 9.64 Å². The summed E-state index contributed by atoms with van der Waals surface area (Å²) in [4.78, 5) is 13.2. The minimum absolute atomic E-state index is 0.0706. The second-order valence-electron chi connectivity index (χ2n) is 5.48. The van der Waals surface area contributed by atoms with Gasteiger partial charge in [-0.3, -0.25) is 0 Å². The van der Waals surface area contributed by atoms with Crippen LogP contribution < -0.4 is 0 Å². The van der Waals surface area contributed by atoms with E-state index in [1.165, 1.54) is 0 Å². The van der Waals surface area contributed by atoms with E-state index < -0.39 is 0 Å². The number of hydrogen-bond acceptors (Lipinski definition) is 2. The molecule has 0 atom stereocenters. The van der Waals surface area contributed by atoms with Crippen molar-refractivity contribution in [3.05, 3.63) is 0 Å². The fraction of sp³-hybridized carbons (Fsp3) is 0.900. The molecule has 0 aliphatic carbocycles. The van der Waals surface area contributed by atoms with Crippen LogP contribution in [0.25, 0.3) is 0 Å². The molecule has 13 heavy (non-hydrogen) atoms. The highest BCUT2D eigenvalue weighted by Gasteiger charge is 2.38. The summed E-state index contributed by atoms with van der Waals surface area (Å²) in [5, 5.41) is 0. The SMILES string of the molecule is CC1(C)COC(=O)N(C(C)(C)C)C1. The Hall–Kier alpha value is -0.730. The Morgan fingerprint density at radius 3 is 2.31 bits per heavy atom. The first kappa shape index (κ1) is 10.4. The van der Waals surface area contributed by atoms with Gasteiger partial charge in [0.2, 0.25) is 0 Å². The summed E-state index contributed by atoms with van der Waals surface area (Å²) in [5.74, 6) is 0. The Kier molecular flexibility index (Phi) is 2.30. The van der Waals surface area contributed by atoms with Gasteiger partial charge in [0.25, 0.3) is 0 Å². The molecule has 3 heteroatoms. The van der Waals surface area contributed by atoms with Gasteiger partial charge in [-0.25, -0.2) is 4.79 Å². The number of nitrogens with zero attached hydrogens (tertiary/aromatic N) is 1. The van der Waals surface area contributed by atoms with E-state index in [-0.39, 0.29) is 17.0 Å². The lowest BCUT2D eigenvalue weighted by atomic mass is 9.90. The summed E-state index contributed by atoms with van der Waals surface area (Å²) in [6, 6.07) is 0. The molecule has 0 unspecified atom stereocenters. The molecule has 0 aromatic rings. The zero-order chi connectivity index (χ0) is 10.3. The van der Waals surface area contributed by atoms with Gasteiger partial charge in [-0.15, -0.1) is 0 Å². The van der Waals surface area contributed by atoms with Crippen molar-refractivity contribution in [1.29, 1.82) is 0 Å². The molecular formula is C10H19NO2. The maximum absolute atomic E-state index is 11.4. The minimum Gasteiger partial charge on any atom is -0.449 e. The second-order valence-corrected chi connectivity index (χ2v) is 5.48. The zero-order valence-corrected chi connectivity index (χ0v) is 9.18. The monoisotopic (exact) mass is 185 g/mol. The fourth-order valence-electron chi connectivity index (χ4n) is 1.38. The van der Waals surface area contributed by atoms with Crippen molar-refractivity contribution in [3.8, 4) is 0 Å². The van der Waals surface area contributed by atoms with Crippen molar-refractivity contribution in [3.63, 3.8) is 0 Å². The molecule has 1 saturated heterocycles. The molecule has 3 nitrogen and oxygen atoms in total. The van der Waals surface area contributed by atoms with Crippen LogP contribution in [0.15, 0.2) is 0 Å². The average molecular weight is 185 g/mol. The summed E-state index contributed by atoms with van der Waals surface area (Å²) in [5.41, 5.74) is -0.0734. The van der Waals surface area contributed by atoms with Gasteiger partial charge in [-0.05, 0) is 20.8 Å². The number of carbonyl (C=O) groups is 1. The van der Waals surface area contributed by atoms with Crippen LogP contribution in [0, 0.1) is 5.41 Å². The molecule has 1 aliphatic heterocycles. The third-order valence-electron chi connectivity index (χ3n) is 2.20. The normalized spacial score (nSPS) is 22.8. The van der Waals surface area contributed by atoms with Gasteiger partial charge in [0.05, 0.1) is 6.61 Å². The van der Waals surface area contributed by atoms with Gasteiger partial charge in [-0.1, -0.05) is 13.8 Å². The highest BCUT2D eigenvalue weighted by molar-refractivity contribution is 5.69.